The number of aromatic nitrogens is 3. The summed E-state index contributed by atoms with van der Waals surface area (Å²) in [6.07, 6.45) is 0. The summed E-state index contributed by atoms with van der Waals surface area (Å²) in [5, 5.41) is 2.15. The lowest BCUT2D eigenvalue weighted by molar-refractivity contribution is 0.310. The second-order valence-corrected chi connectivity index (χ2v) is 7.47. The molecule has 0 aliphatic rings. The SMILES string of the molecule is CN(Cc1nc2cc(Cl)ccc2c(=O)[nH]1)Cc1nc2ccccc2s1. The van der Waals surface area contributed by atoms with Crippen molar-refractivity contribution in [2.24, 2.45) is 0 Å². The highest BCUT2D eigenvalue weighted by Crippen LogP contribution is 2.22. The van der Waals surface area contributed by atoms with Crippen molar-refractivity contribution in [3.8, 4) is 0 Å². The summed E-state index contributed by atoms with van der Waals surface area (Å²) in [6, 6.07) is 13.2. The lowest BCUT2D eigenvalue weighted by Crippen LogP contribution is -2.21. The fourth-order valence-electron chi connectivity index (χ4n) is 2.77. The van der Waals surface area contributed by atoms with Crippen LogP contribution in [0.25, 0.3) is 21.1 Å². The monoisotopic (exact) mass is 370 g/mol. The minimum atomic E-state index is -0.148. The van der Waals surface area contributed by atoms with Crippen LogP contribution < -0.4 is 5.56 Å². The van der Waals surface area contributed by atoms with Crippen LogP contribution in [0.2, 0.25) is 5.02 Å². The van der Waals surface area contributed by atoms with Crippen molar-refractivity contribution >= 4 is 44.1 Å². The maximum absolute atomic E-state index is 12.2. The third kappa shape index (κ3) is 3.42. The first-order valence-corrected chi connectivity index (χ1v) is 8.99. The van der Waals surface area contributed by atoms with E-state index in [4.69, 9.17) is 11.6 Å². The van der Waals surface area contributed by atoms with E-state index in [1.54, 1.807) is 29.5 Å². The van der Waals surface area contributed by atoms with Gasteiger partial charge in [-0.25, -0.2) is 9.97 Å². The molecule has 0 aliphatic carbocycles. The third-order valence-corrected chi connectivity index (χ3v) is 5.14. The van der Waals surface area contributed by atoms with E-state index in [2.05, 4.69) is 25.9 Å². The number of nitrogens with zero attached hydrogens (tertiary/aromatic N) is 3. The van der Waals surface area contributed by atoms with E-state index in [0.717, 1.165) is 10.5 Å². The molecule has 2 aromatic carbocycles. The highest BCUT2D eigenvalue weighted by molar-refractivity contribution is 7.18. The lowest BCUT2D eigenvalue weighted by Gasteiger charge is -2.14. The summed E-state index contributed by atoms with van der Waals surface area (Å²) in [5.41, 5.74) is 1.48. The Hall–Kier alpha value is -2.28. The number of thiazole rings is 1. The highest BCUT2D eigenvalue weighted by Gasteiger charge is 2.10. The molecule has 0 amide bonds. The number of H-pyrrole nitrogens is 1. The second kappa shape index (κ2) is 6.55. The Kier molecular flexibility index (Phi) is 4.25. The van der Waals surface area contributed by atoms with Crippen LogP contribution in [0.1, 0.15) is 10.8 Å². The number of benzene rings is 2. The molecule has 5 nitrogen and oxygen atoms in total. The van der Waals surface area contributed by atoms with E-state index >= 15 is 0 Å². The van der Waals surface area contributed by atoms with E-state index in [9.17, 15) is 4.79 Å². The topological polar surface area (TPSA) is 61.9 Å². The molecule has 4 aromatic rings. The van der Waals surface area contributed by atoms with Crippen molar-refractivity contribution in [1.29, 1.82) is 0 Å². The minimum Gasteiger partial charge on any atom is -0.309 e. The average Bonchev–Trinajstić information content (AvgIpc) is 2.96. The van der Waals surface area contributed by atoms with Gasteiger partial charge in [-0.15, -0.1) is 11.3 Å². The van der Waals surface area contributed by atoms with Crippen LogP contribution in [0.4, 0.5) is 0 Å². The first-order chi connectivity index (χ1) is 12.1. The molecular formula is C18H15ClN4OS. The normalized spacial score (nSPS) is 11.6. The highest BCUT2D eigenvalue weighted by atomic mass is 35.5. The van der Waals surface area contributed by atoms with Crippen LogP contribution in [-0.4, -0.2) is 26.9 Å². The summed E-state index contributed by atoms with van der Waals surface area (Å²) in [7, 11) is 1.98. The van der Waals surface area contributed by atoms with Gasteiger partial charge in [-0.2, -0.15) is 0 Å². The zero-order chi connectivity index (χ0) is 17.4. The van der Waals surface area contributed by atoms with E-state index < -0.39 is 0 Å². The minimum absolute atomic E-state index is 0.148. The number of rotatable bonds is 4. The van der Waals surface area contributed by atoms with Crippen LogP contribution >= 0.6 is 22.9 Å². The molecule has 2 heterocycles. The van der Waals surface area contributed by atoms with Gasteiger partial charge in [0.25, 0.3) is 5.56 Å². The van der Waals surface area contributed by atoms with Gasteiger partial charge in [-0.3, -0.25) is 9.69 Å². The van der Waals surface area contributed by atoms with E-state index in [-0.39, 0.29) is 5.56 Å². The molecule has 0 saturated heterocycles. The molecular weight excluding hydrogens is 356 g/mol. The molecule has 0 radical (unpaired) electrons. The summed E-state index contributed by atoms with van der Waals surface area (Å²) in [6.45, 7) is 1.21. The van der Waals surface area contributed by atoms with Crippen LogP contribution in [0.15, 0.2) is 47.3 Å². The first kappa shape index (κ1) is 16.2. The van der Waals surface area contributed by atoms with Crippen molar-refractivity contribution in [2.75, 3.05) is 7.05 Å². The lowest BCUT2D eigenvalue weighted by atomic mass is 10.2. The predicted molar refractivity (Wildman–Crippen MR) is 102 cm³/mol. The van der Waals surface area contributed by atoms with Crippen molar-refractivity contribution in [1.82, 2.24) is 19.9 Å². The van der Waals surface area contributed by atoms with Crippen molar-refractivity contribution in [3.05, 3.63) is 68.7 Å². The Bertz CT molecular complexity index is 1090. The Labute approximate surface area is 152 Å². The van der Waals surface area contributed by atoms with Crippen molar-refractivity contribution < 1.29 is 0 Å². The number of aromatic amines is 1. The Morgan fingerprint density at radius 3 is 2.80 bits per heavy atom. The second-order valence-electron chi connectivity index (χ2n) is 5.92. The van der Waals surface area contributed by atoms with Gasteiger partial charge in [0, 0.05) is 5.02 Å². The largest absolute Gasteiger partial charge is 0.309 e. The number of halogens is 1. The maximum Gasteiger partial charge on any atom is 0.258 e. The van der Waals surface area contributed by atoms with E-state index in [0.29, 0.717) is 34.8 Å². The number of fused-ring (bicyclic) bond motifs is 2. The van der Waals surface area contributed by atoms with Crippen LogP contribution in [0.3, 0.4) is 0 Å². The molecule has 2 aromatic heterocycles. The standard InChI is InChI=1S/C18H15ClN4OS/c1-23(10-17-21-13-4-2-3-5-15(13)25-17)9-16-20-14-8-11(19)6-7-12(14)18(24)22-16/h2-8H,9-10H2,1H3,(H,20,22,24). The van der Waals surface area contributed by atoms with Crippen LogP contribution in [0.5, 0.6) is 0 Å². The summed E-state index contributed by atoms with van der Waals surface area (Å²) >= 11 is 7.69. The molecule has 0 atom stereocenters. The van der Waals surface area contributed by atoms with Gasteiger partial charge in [0.05, 0.1) is 34.2 Å². The molecule has 0 fully saturated rings. The van der Waals surface area contributed by atoms with Crippen LogP contribution in [-0.2, 0) is 13.1 Å². The Morgan fingerprint density at radius 2 is 1.96 bits per heavy atom. The maximum atomic E-state index is 12.2. The predicted octanol–water partition coefficient (Wildman–Crippen LogP) is 3.82. The van der Waals surface area contributed by atoms with Gasteiger partial charge in [0.1, 0.15) is 10.8 Å². The fraction of sp³-hybridized carbons (Fsp3) is 0.167. The molecule has 0 aliphatic heterocycles. The van der Waals surface area contributed by atoms with Gasteiger partial charge < -0.3 is 4.98 Å². The van der Waals surface area contributed by atoms with Crippen molar-refractivity contribution in [3.63, 3.8) is 0 Å². The van der Waals surface area contributed by atoms with Crippen LogP contribution in [0, 0.1) is 0 Å². The molecule has 4 rings (SSSR count). The molecule has 1 N–H and O–H groups in total. The summed E-state index contributed by atoms with van der Waals surface area (Å²) < 4.78 is 1.18. The average molecular weight is 371 g/mol. The van der Waals surface area contributed by atoms with E-state index in [1.165, 1.54) is 4.70 Å². The summed E-state index contributed by atoms with van der Waals surface area (Å²) in [4.78, 5) is 26.3. The molecule has 0 spiro atoms. The molecule has 0 saturated carbocycles. The van der Waals surface area contributed by atoms with Gasteiger partial charge in [-0.1, -0.05) is 23.7 Å². The number of para-hydroxylation sites is 1. The first-order valence-electron chi connectivity index (χ1n) is 7.80. The molecule has 0 bridgehead atoms. The smallest absolute Gasteiger partial charge is 0.258 e. The van der Waals surface area contributed by atoms with Crippen molar-refractivity contribution in [2.45, 2.75) is 13.1 Å². The molecule has 7 heteroatoms. The van der Waals surface area contributed by atoms with Gasteiger partial charge >= 0.3 is 0 Å². The Morgan fingerprint density at radius 1 is 1.12 bits per heavy atom. The van der Waals surface area contributed by atoms with E-state index in [1.807, 2.05) is 25.2 Å². The quantitative estimate of drug-likeness (QED) is 0.593. The molecule has 0 unspecified atom stereocenters. The number of nitrogens with one attached hydrogen (secondary N) is 1. The Balaban J connectivity index is 1.56. The zero-order valence-electron chi connectivity index (χ0n) is 13.5. The fourth-order valence-corrected chi connectivity index (χ4v) is 3.98. The van der Waals surface area contributed by atoms with Gasteiger partial charge in [0.15, 0.2) is 0 Å². The number of hydrogen-bond acceptors (Lipinski definition) is 5. The summed E-state index contributed by atoms with van der Waals surface area (Å²) in [5.74, 6) is 0.614. The molecule has 25 heavy (non-hydrogen) atoms. The molecule has 126 valence electrons. The third-order valence-electron chi connectivity index (χ3n) is 3.88. The number of hydrogen-bond donors (Lipinski definition) is 1. The van der Waals surface area contributed by atoms with Gasteiger partial charge in [-0.05, 0) is 37.4 Å². The van der Waals surface area contributed by atoms with Gasteiger partial charge in [0.2, 0.25) is 0 Å². The zero-order valence-corrected chi connectivity index (χ0v) is 15.1.